The van der Waals surface area contributed by atoms with Crippen LogP contribution in [-0.4, -0.2) is 2.33 Å². The minimum absolute atomic E-state index is 0.864. The number of benzene rings is 2. The maximum atomic E-state index is 2.86. The first-order chi connectivity index (χ1) is 20.1. The molecule has 222 valence electrons. The van der Waals surface area contributed by atoms with Crippen molar-refractivity contribution < 1.29 is 38.9 Å². The molecule has 0 N–H and O–H groups in total. The van der Waals surface area contributed by atoms with Crippen molar-refractivity contribution in [1.82, 2.24) is 0 Å². The van der Waals surface area contributed by atoms with Gasteiger partial charge in [-0.25, -0.2) is 0 Å². The summed E-state index contributed by atoms with van der Waals surface area (Å²) in [6.45, 7) is 9.99. The molecule has 5 rings (SSSR count). The zero-order valence-corrected chi connectivity index (χ0v) is 32.8. The Kier molecular flexibility index (Phi) is 11.7. The molecular formula is C38H58SiZr2. The molecule has 1 saturated heterocycles. The molecule has 41 heavy (non-hydrogen) atoms. The summed E-state index contributed by atoms with van der Waals surface area (Å²) in [6, 6.07) is 23.0. The second-order valence-corrected chi connectivity index (χ2v) is 71.4. The molecule has 0 spiro atoms. The molecular weight excluding hydrogens is 667 g/mol. The Bertz CT molecular complexity index is 1090. The molecule has 0 aromatic heterocycles. The van der Waals surface area contributed by atoms with E-state index in [1.54, 1.807) is 63.7 Å². The van der Waals surface area contributed by atoms with Gasteiger partial charge in [-0.05, 0) is 0 Å². The van der Waals surface area contributed by atoms with E-state index in [1.807, 2.05) is 0 Å². The van der Waals surface area contributed by atoms with Gasteiger partial charge < -0.3 is 0 Å². The number of hydrogen-bond donors (Lipinski definition) is 0. The van der Waals surface area contributed by atoms with Gasteiger partial charge >= 0.3 is 264 Å². The Balaban J connectivity index is 1.80. The summed E-state index contributed by atoms with van der Waals surface area (Å²) in [4.78, 5) is 0. The summed E-state index contributed by atoms with van der Waals surface area (Å²) in [5.41, 5.74) is 6.76. The van der Waals surface area contributed by atoms with Gasteiger partial charge in [0.2, 0.25) is 0 Å². The molecule has 1 heterocycles. The van der Waals surface area contributed by atoms with Gasteiger partial charge in [0.1, 0.15) is 0 Å². The van der Waals surface area contributed by atoms with Crippen LogP contribution in [0.3, 0.4) is 0 Å². The van der Waals surface area contributed by atoms with Crippen molar-refractivity contribution in [2.45, 2.75) is 128 Å². The molecule has 0 amide bonds. The van der Waals surface area contributed by atoms with Crippen molar-refractivity contribution in [1.29, 1.82) is 0 Å². The molecule has 1 aliphatic heterocycles. The fourth-order valence-electron chi connectivity index (χ4n) is 10.3. The van der Waals surface area contributed by atoms with Gasteiger partial charge in [0.15, 0.2) is 0 Å². The van der Waals surface area contributed by atoms with Crippen LogP contribution in [0, 0.1) is 0 Å². The standard InChI is InChI=1S/2C9H7.C4H8Si.4C4H9.2Zr/c2*1-2-5-9-7-3-6-8(9)4-1;1-2-4-5-3-1;4*1-3-4-2;;/h2*1-7H;1-4H2;4*1,3-4H2,2H3;;. The number of rotatable bonds is 16. The van der Waals surface area contributed by atoms with Crippen molar-refractivity contribution in [2.24, 2.45) is 0 Å². The summed E-state index contributed by atoms with van der Waals surface area (Å²) in [5, 5.41) is 0. The summed E-state index contributed by atoms with van der Waals surface area (Å²) in [5.74, 6) is 0. The molecule has 2 unspecified atom stereocenters. The first-order valence-corrected chi connectivity index (χ1v) is 37.2. The van der Waals surface area contributed by atoms with Crippen molar-refractivity contribution in [3.05, 3.63) is 82.9 Å². The SMILES string of the molecule is CCC[CH2][Zr]([CH2]CCC)([CH]1C=Cc2ccccc21)[Si]1([Zr]([CH2]CCC)([CH2]CCC)[CH]2C=Cc3ccccc32)CCCC1. The number of hydrogen-bond acceptors (Lipinski definition) is 0. The molecule has 1 fully saturated rings. The van der Waals surface area contributed by atoms with Crippen LogP contribution in [0.5, 0.6) is 0 Å². The van der Waals surface area contributed by atoms with Crippen molar-refractivity contribution >= 4 is 14.5 Å². The van der Waals surface area contributed by atoms with E-state index in [2.05, 4.69) is 101 Å². The predicted octanol–water partition coefficient (Wildman–Crippen LogP) is 12.9. The van der Waals surface area contributed by atoms with E-state index in [1.165, 1.54) is 51.4 Å². The van der Waals surface area contributed by atoms with E-state index in [0.717, 1.165) is 7.25 Å². The zero-order chi connectivity index (χ0) is 28.8. The molecule has 3 aliphatic rings. The van der Waals surface area contributed by atoms with E-state index in [-0.39, 0.29) is 0 Å². The molecule has 2 atom stereocenters. The van der Waals surface area contributed by atoms with E-state index in [9.17, 15) is 0 Å². The van der Waals surface area contributed by atoms with E-state index < -0.39 is 41.2 Å². The van der Waals surface area contributed by atoms with Crippen LogP contribution >= 0.6 is 0 Å². The van der Waals surface area contributed by atoms with Crippen LogP contribution in [0.15, 0.2) is 60.7 Å². The van der Waals surface area contributed by atoms with Gasteiger partial charge in [-0.15, -0.1) is 0 Å². The first-order valence-electron chi connectivity index (χ1n) is 17.7. The van der Waals surface area contributed by atoms with Gasteiger partial charge in [0, 0.05) is 0 Å². The van der Waals surface area contributed by atoms with Gasteiger partial charge in [-0.3, -0.25) is 0 Å². The normalized spacial score (nSPS) is 21.0. The Morgan fingerprint density at radius 3 is 1.29 bits per heavy atom. The second-order valence-electron chi connectivity index (χ2n) is 13.9. The molecule has 0 radical (unpaired) electrons. The zero-order valence-electron chi connectivity index (χ0n) is 26.9. The van der Waals surface area contributed by atoms with E-state index in [0.29, 0.717) is 0 Å². The Morgan fingerprint density at radius 2 is 0.927 bits per heavy atom. The fourth-order valence-corrected chi connectivity index (χ4v) is 175. The molecule has 0 saturated carbocycles. The Hall–Kier alpha value is -0.0969. The summed E-state index contributed by atoms with van der Waals surface area (Å²) >= 11 is -5.64. The molecule has 3 heteroatoms. The Morgan fingerprint density at radius 1 is 0.561 bits per heavy atom. The van der Waals surface area contributed by atoms with Gasteiger partial charge in [0.25, 0.3) is 0 Å². The van der Waals surface area contributed by atoms with Crippen LogP contribution in [-0.2, 0) is 38.9 Å². The third kappa shape index (κ3) is 5.86. The first kappa shape index (κ1) is 32.3. The van der Waals surface area contributed by atoms with Gasteiger partial charge in [0.05, 0.1) is 0 Å². The third-order valence-corrected chi connectivity index (χ3v) is 127. The average molecular weight is 725 g/mol. The van der Waals surface area contributed by atoms with Crippen LogP contribution in [0.25, 0.3) is 12.2 Å². The van der Waals surface area contributed by atoms with Crippen LogP contribution in [0.2, 0.25) is 28.6 Å². The van der Waals surface area contributed by atoms with E-state index >= 15 is 0 Å². The molecule has 2 aromatic rings. The Labute approximate surface area is 261 Å². The van der Waals surface area contributed by atoms with Crippen LogP contribution in [0.1, 0.15) is 121 Å². The van der Waals surface area contributed by atoms with E-state index in [4.69, 9.17) is 0 Å². The van der Waals surface area contributed by atoms with Crippen molar-refractivity contribution in [3.63, 3.8) is 0 Å². The predicted molar refractivity (Wildman–Crippen MR) is 180 cm³/mol. The fraction of sp³-hybridized carbons (Fsp3) is 0.579. The van der Waals surface area contributed by atoms with Gasteiger partial charge in [-0.2, -0.15) is 0 Å². The third-order valence-electron chi connectivity index (χ3n) is 12.1. The van der Waals surface area contributed by atoms with Crippen LogP contribution in [0.4, 0.5) is 0 Å². The summed E-state index contributed by atoms with van der Waals surface area (Å²) in [7, 11) is 0. The number of unbranched alkanes of at least 4 members (excludes halogenated alkanes) is 4. The quantitative estimate of drug-likeness (QED) is 0.151. The molecule has 0 bridgehead atoms. The maximum absolute atomic E-state index is 2.86. The summed E-state index contributed by atoms with van der Waals surface area (Å²) in [6.07, 6.45) is 25.7. The topological polar surface area (TPSA) is 0 Å². The number of fused-ring (bicyclic) bond motifs is 2. The molecule has 0 nitrogen and oxygen atoms in total. The minimum atomic E-state index is -2.82. The number of allylic oxidation sites excluding steroid dienone is 2. The molecule has 2 aliphatic carbocycles. The summed E-state index contributed by atoms with van der Waals surface area (Å²) < 4.78 is 7.05. The van der Waals surface area contributed by atoms with Crippen molar-refractivity contribution in [3.8, 4) is 0 Å². The second kappa shape index (κ2) is 14.8. The molecule has 2 aromatic carbocycles. The van der Waals surface area contributed by atoms with Gasteiger partial charge in [-0.1, -0.05) is 0 Å². The van der Waals surface area contributed by atoms with Crippen LogP contribution < -0.4 is 0 Å². The monoisotopic (exact) mass is 722 g/mol. The average Bonchev–Trinajstić information content (AvgIpc) is 3.78. The van der Waals surface area contributed by atoms with Crippen molar-refractivity contribution in [2.75, 3.05) is 0 Å².